The van der Waals surface area contributed by atoms with Gasteiger partial charge in [-0.15, -0.1) is 0 Å². The third kappa shape index (κ3) is 3.81. The molecular formula is C10H16N2S. The molecule has 72 valence electrons. The predicted octanol–water partition coefficient (Wildman–Crippen LogP) is 1.38. The van der Waals surface area contributed by atoms with E-state index in [9.17, 15) is 0 Å². The Morgan fingerprint density at radius 1 is 1.31 bits per heavy atom. The van der Waals surface area contributed by atoms with E-state index in [1.807, 2.05) is 18.2 Å². The van der Waals surface area contributed by atoms with E-state index in [1.54, 1.807) is 0 Å². The second-order valence-corrected chi connectivity index (χ2v) is 3.35. The summed E-state index contributed by atoms with van der Waals surface area (Å²) in [6, 6.07) is 10.7. The molecule has 1 unspecified atom stereocenters. The number of nitrogens with two attached hydrogens (primary N) is 1. The van der Waals surface area contributed by atoms with Crippen molar-refractivity contribution in [3.63, 3.8) is 0 Å². The van der Waals surface area contributed by atoms with Crippen molar-refractivity contribution in [1.82, 2.24) is 4.72 Å². The summed E-state index contributed by atoms with van der Waals surface area (Å²) in [7, 11) is 0. The second-order valence-electron chi connectivity index (χ2n) is 3.09. The molecule has 0 fully saturated rings. The minimum Gasteiger partial charge on any atom is -0.330 e. The Morgan fingerprint density at radius 3 is 2.54 bits per heavy atom. The first-order valence-electron chi connectivity index (χ1n) is 4.50. The zero-order chi connectivity index (χ0) is 9.52. The van der Waals surface area contributed by atoms with E-state index in [-0.39, 0.29) is 0 Å². The van der Waals surface area contributed by atoms with Gasteiger partial charge in [0.15, 0.2) is 0 Å². The van der Waals surface area contributed by atoms with E-state index in [1.165, 1.54) is 5.56 Å². The zero-order valence-corrected chi connectivity index (χ0v) is 8.50. The monoisotopic (exact) mass is 196 g/mol. The summed E-state index contributed by atoms with van der Waals surface area (Å²) in [6.45, 7) is 0.699. The van der Waals surface area contributed by atoms with Crippen LogP contribution in [0.5, 0.6) is 0 Å². The standard InChI is InChI=1S/C10H16N2S/c11-7-6-10(12-13)8-9-4-2-1-3-5-9/h1-5,10,12-13H,6-8,11H2. The summed E-state index contributed by atoms with van der Waals surface area (Å²) < 4.78 is 2.97. The largest absolute Gasteiger partial charge is 0.330 e. The molecule has 0 bridgehead atoms. The Bertz CT molecular complexity index is 226. The van der Waals surface area contributed by atoms with Crippen LogP contribution >= 0.6 is 12.8 Å². The van der Waals surface area contributed by atoms with Crippen LogP contribution in [0.25, 0.3) is 0 Å². The maximum atomic E-state index is 5.48. The van der Waals surface area contributed by atoms with Crippen LogP contribution in [0.2, 0.25) is 0 Å². The lowest BCUT2D eigenvalue weighted by Gasteiger charge is -2.13. The Labute approximate surface area is 85.1 Å². The van der Waals surface area contributed by atoms with Crippen molar-refractivity contribution in [2.24, 2.45) is 5.73 Å². The van der Waals surface area contributed by atoms with Crippen LogP contribution in [-0.4, -0.2) is 12.6 Å². The van der Waals surface area contributed by atoms with Crippen molar-refractivity contribution in [1.29, 1.82) is 0 Å². The van der Waals surface area contributed by atoms with Crippen molar-refractivity contribution < 1.29 is 0 Å². The van der Waals surface area contributed by atoms with Gasteiger partial charge in [0, 0.05) is 6.04 Å². The zero-order valence-electron chi connectivity index (χ0n) is 7.61. The molecule has 1 atom stereocenters. The van der Waals surface area contributed by atoms with Gasteiger partial charge in [-0.1, -0.05) is 43.1 Å². The van der Waals surface area contributed by atoms with Crippen LogP contribution in [-0.2, 0) is 6.42 Å². The molecule has 0 aliphatic rings. The van der Waals surface area contributed by atoms with Crippen LogP contribution in [0.1, 0.15) is 12.0 Å². The van der Waals surface area contributed by atoms with Gasteiger partial charge in [-0.2, -0.15) is 0 Å². The van der Waals surface area contributed by atoms with Gasteiger partial charge in [-0.25, -0.2) is 0 Å². The fraction of sp³-hybridized carbons (Fsp3) is 0.400. The van der Waals surface area contributed by atoms with E-state index in [4.69, 9.17) is 5.73 Å². The molecule has 13 heavy (non-hydrogen) atoms. The van der Waals surface area contributed by atoms with Crippen LogP contribution < -0.4 is 10.5 Å². The Balaban J connectivity index is 2.46. The third-order valence-corrected chi connectivity index (χ3v) is 2.39. The Morgan fingerprint density at radius 2 is 2.00 bits per heavy atom. The highest BCUT2D eigenvalue weighted by molar-refractivity contribution is 7.78. The number of rotatable bonds is 5. The Kier molecular flexibility index (Phi) is 4.90. The van der Waals surface area contributed by atoms with Crippen LogP contribution in [0, 0.1) is 0 Å². The first-order valence-corrected chi connectivity index (χ1v) is 4.95. The van der Waals surface area contributed by atoms with E-state index in [0.29, 0.717) is 12.6 Å². The number of nitrogens with one attached hydrogen (secondary N) is 1. The maximum absolute atomic E-state index is 5.48. The molecule has 0 saturated carbocycles. The molecule has 1 aromatic carbocycles. The fourth-order valence-electron chi connectivity index (χ4n) is 1.31. The SMILES string of the molecule is NCCC(Cc1ccccc1)NS. The van der Waals surface area contributed by atoms with Crippen molar-refractivity contribution in [2.75, 3.05) is 6.54 Å². The molecule has 0 amide bonds. The van der Waals surface area contributed by atoms with Crippen LogP contribution in [0.15, 0.2) is 30.3 Å². The summed E-state index contributed by atoms with van der Waals surface area (Å²) in [6.07, 6.45) is 1.94. The average molecular weight is 196 g/mol. The van der Waals surface area contributed by atoms with E-state index in [2.05, 4.69) is 29.7 Å². The van der Waals surface area contributed by atoms with Crippen molar-refractivity contribution in [3.05, 3.63) is 35.9 Å². The molecule has 1 aromatic rings. The number of hydrogen-bond acceptors (Lipinski definition) is 3. The van der Waals surface area contributed by atoms with Gasteiger partial charge in [-0.3, -0.25) is 4.72 Å². The molecule has 0 aliphatic heterocycles. The summed E-state index contributed by atoms with van der Waals surface area (Å²) in [5, 5.41) is 0. The number of hydrogen-bond donors (Lipinski definition) is 3. The molecule has 0 heterocycles. The molecule has 0 radical (unpaired) electrons. The fourth-order valence-corrected chi connectivity index (χ4v) is 1.53. The van der Waals surface area contributed by atoms with Crippen molar-refractivity contribution in [3.8, 4) is 0 Å². The normalized spacial score (nSPS) is 12.8. The third-order valence-electron chi connectivity index (χ3n) is 2.02. The maximum Gasteiger partial charge on any atom is 0.0221 e. The van der Waals surface area contributed by atoms with Crippen molar-refractivity contribution >= 4 is 12.8 Å². The van der Waals surface area contributed by atoms with Crippen LogP contribution in [0.3, 0.4) is 0 Å². The van der Waals surface area contributed by atoms with Gasteiger partial charge in [0.05, 0.1) is 0 Å². The van der Waals surface area contributed by atoms with E-state index in [0.717, 1.165) is 12.8 Å². The summed E-state index contributed by atoms with van der Waals surface area (Å²) in [5.74, 6) is 0. The van der Waals surface area contributed by atoms with Gasteiger partial charge in [0.2, 0.25) is 0 Å². The number of benzene rings is 1. The highest BCUT2D eigenvalue weighted by Gasteiger charge is 2.05. The molecule has 0 aliphatic carbocycles. The molecule has 1 rings (SSSR count). The molecule has 3 N–H and O–H groups in total. The quantitative estimate of drug-likeness (QED) is 0.622. The highest BCUT2D eigenvalue weighted by Crippen LogP contribution is 2.05. The Hall–Kier alpha value is -0.510. The van der Waals surface area contributed by atoms with Gasteiger partial charge >= 0.3 is 0 Å². The smallest absolute Gasteiger partial charge is 0.0221 e. The molecule has 0 spiro atoms. The van der Waals surface area contributed by atoms with Crippen LogP contribution in [0.4, 0.5) is 0 Å². The van der Waals surface area contributed by atoms with E-state index >= 15 is 0 Å². The summed E-state index contributed by atoms with van der Waals surface area (Å²) in [4.78, 5) is 0. The van der Waals surface area contributed by atoms with Gasteiger partial charge in [0.1, 0.15) is 0 Å². The lowest BCUT2D eigenvalue weighted by molar-refractivity contribution is 0.586. The molecule has 3 heteroatoms. The lowest BCUT2D eigenvalue weighted by Crippen LogP contribution is -2.26. The summed E-state index contributed by atoms with van der Waals surface area (Å²) in [5.41, 5.74) is 6.81. The highest BCUT2D eigenvalue weighted by atomic mass is 32.1. The minimum absolute atomic E-state index is 0.371. The lowest BCUT2D eigenvalue weighted by atomic mass is 10.0. The minimum atomic E-state index is 0.371. The topological polar surface area (TPSA) is 38.0 Å². The molecule has 0 aromatic heterocycles. The van der Waals surface area contributed by atoms with Crippen molar-refractivity contribution in [2.45, 2.75) is 18.9 Å². The van der Waals surface area contributed by atoms with Gasteiger partial charge < -0.3 is 5.73 Å². The molecule has 0 saturated heterocycles. The second kappa shape index (κ2) is 6.02. The number of thiol groups is 1. The van der Waals surface area contributed by atoms with E-state index < -0.39 is 0 Å². The summed E-state index contributed by atoms with van der Waals surface area (Å²) >= 11 is 4.07. The average Bonchev–Trinajstić information content (AvgIpc) is 2.19. The predicted molar refractivity (Wildman–Crippen MR) is 59.7 cm³/mol. The first kappa shape index (κ1) is 10.6. The van der Waals surface area contributed by atoms with Gasteiger partial charge in [-0.05, 0) is 24.9 Å². The van der Waals surface area contributed by atoms with Gasteiger partial charge in [0.25, 0.3) is 0 Å². The first-order chi connectivity index (χ1) is 6.36. The molecule has 2 nitrogen and oxygen atoms in total. The molecular weight excluding hydrogens is 180 g/mol.